The number of carbonyl (C=O) groups excluding carboxylic acids is 2. The van der Waals surface area contributed by atoms with E-state index in [-0.39, 0.29) is 33.9 Å². The van der Waals surface area contributed by atoms with Gasteiger partial charge in [-0.1, -0.05) is 20.8 Å². The van der Waals surface area contributed by atoms with Gasteiger partial charge in [-0.2, -0.15) is 0 Å². The third-order valence-electron chi connectivity index (χ3n) is 1.75. The quantitative estimate of drug-likeness (QED) is 0.300. The molecule has 0 aromatic heterocycles. The average molecular weight is 414 g/mol. The second-order valence-corrected chi connectivity index (χ2v) is 6.22. The first kappa shape index (κ1) is 20.8. The number of Topliss-reactive ketones (excluding diaryl/α,β-unsaturated/α-hetero) is 2. The van der Waals surface area contributed by atoms with Crippen LogP contribution in [0.2, 0.25) is 0 Å². The summed E-state index contributed by atoms with van der Waals surface area (Å²) in [6, 6.07) is 0. The number of hydrogen-bond donors (Lipinski definition) is 0. The van der Waals surface area contributed by atoms with Crippen molar-refractivity contribution in [1.82, 2.24) is 0 Å². The summed E-state index contributed by atoms with van der Waals surface area (Å²) in [4.78, 5) is 20.0. The third kappa shape index (κ3) is 20.5. The van der Waals surface area contributed by atoms with E-state index in [4.69, 9.17) is 0 Å². The van der Waals surface area contributed by atoms with Gasteiger partial charge in [-0.25, -0.2) is 0 Å². The molecule has 0 amide bonds. The van der Waals surface area contributed by atoms with E-state index < -0.39 is 0 Å². The predicted molar refractivity (Wildman–Crippen MR) is 64.2 cm³/mol. The predicted octanol–water partition coefficient (Wildman–Crippen LogP) is 2.89. The largest absolute Gasteiger partial charge is 1.00 e. The van der Waals surface area contributed by atoms with Crippen molar-refractivity contribution in [2.45, 2.75) is 34.6 Å². The zero-order chi connectivity index (χ0) is 11.6. The SMILES string of the molecule is CC(=O)[CH-]C(C)=O.CCP(CC)CC.[Au+]. The van der Waals surface area contributed by atoms with Crippen molar-refractivity contribution >= 4 is 19.5 Å². The Kier molecular flexibility index (Phi) is 19.9. The minimum atomic E-state index is -0.187. The summed E-state index contributed by atoms with van der Waals surface area (Å²) in [5.74, 6) is -0.375. The molecule has 0 atom stereocenters. The molecule has 0 aromatic carbocycles. The maximum Gasteiger partial charge on any atom is 1.00 e. The molecule has 0 radical (unpaired) electrons. The maximum absolute atomic E-state index is 9.98. The zero-order valence-electron chi connectivity index (χ0n) is 10.3. The Morgan fingerprint density at radius 3 is 1.20 bits per heavy atom. The molecule has 0 spiro atoms. The summed E-state index contributed by atoms with van der Waals surface area (Å²) in [5.41, 5.74) is 0. The normalized spacial score (nSPS) is 8.40. The number of rotatable bonds is 5. The van der Waals surface area contributed by atoms with E-state index in [2.05, 4.69) is 20.8 Å². The molecule has 0 saturated carbocycles. The van der Waals surface area contributed by atoms with Crippen LogP contribution in [0.4, 0.5) is 0 Å². The molecule has 0 aromatic rings. The second-order valence-electron chi connectivity index (χ2n) is 2.99. The fraction of sp³-hybridized carbons (Fsp3) is 0.727. The van der Waals surface area contributed by atoms with Crippen LogP contribution in [0.1, 0.15) is 34.6 Å². The van der Waals surface area contributed by atoms with E-state index in [1.54, 1.807) is 0 Å². The molecular weight excluding hydrogens is 392 g/mol. The van der Waals surface area contributed by atoms with Crippen molar-refractivity contribution in [1.29, 1.82) is 0 Å². The van der Waals surface area contributed by atoms with Crippen LogP contribution < -0.4 is 0 Å². The van der Waals surface area contributed by atoms with Crippen molar-refractivity contribution in [3.8, 4) is 0 Å². The molecule has 0 unspecified atom stereocenters. The topological polar surface area (TPSA) is 34.1 Å². The van der Waals surface area contributed by atoms with E-state index >= 15 is 0 Å². The molecule has 0 fully saturated rings. The third-order valence-corrected chi connectivity index (χ3v) is 4.43. The van der Waals surface area contributed by atoms with Gasteiger partial charge in [0.05, 0.1) is 0 Å². The van der Waals surface area contributed by atoms with Crippen molar-refractivity contribution in [2.24, 2.45) is 0 Å². The summed E-state index contributed by atoms with van der Waals surface area (Å²) >= 11 is 0. The molecule has 0 rings (SSSR count). The maximum atomic E-state index is 9.98. The zero-order valence-corrected chi connectivity index (χ0v) is 13.3. The van der Waals surface area contributed by atoms with Gasteiger partial charge in [0.15, 0.2) is 0 Å². The molecule has 15 heavy (non-hydrogen) atoms. The summed E-state index contributed by atoms with van der Waals surface area (Å²) in [5, 5.41) is 0. The first-order valence-corrected chi connectivity index (χ1v) is 6.95. The Bertz CT molecular complexity index is 150. The average Bonchev–Trinajstić information content (AvgIpc) is 2.06. The Hall–Kier alpha value is 0.380. The van der Waals surface area contributed by atoms with Crippen LogP contribution in [0.15, 0.2) is 0 Å². The molecule has 94 valence electrons. The van der Waals surface area contributed by atoms with Crippen LogP contribution in [0.5, 0.6) is 0 Å². The van der Waals surface area contributed by atoms with Crippen LogP contribution in [-0.2, 0) is 32.0 Å². The van der Waals surface area contributed by atoms with E-state index in [0.717, 1.165) is 6.42 Å². The van der Waals surface area contributed by atoms with E-state index in [0.29, 0.717) is 7.92 Å². The fourth-order valence-corrected chi connectivity index (χ4v) is 2.30. The van der Waals surface area contributed by atoms with Crippen molar-refractivity contribution in [3.05, 3.63) is 6.42 Å². The monoisotopic (exact) mass is 414 g/mol. The molecule has 4 heteroatoms. The van der Waals surface area contributed by atoms with Crippen molar-refractivity contribution in [2.75, 3.05) is 18.5 Å². The van der Waals surface area contributed by atoms with Gasteiger partial charge in [0.2, 0.25) is 0 Å². The second kappa shape index (κ2) is 14.4. The van der Waals surface area contributed by atoms with Crippen molar-refractivity contribution in [3.63, 3.8) is 0 Å². The summed E-state index contributed by atoms with van der Waals surface area (Å²) in [6.07, 6.45) is 5.31. The molecule has 2 nitrogen and oxygen atoms in total. The fourth-order valence-electron chi connectivity index (χ4n) is 0.957. The van der Waals surface area contributed by atoms with Crippen LogP contribution in [0.25, 0.3) is 0 Å². The minimum Gasteiger partial charge on any atom is -0.334 e. The van der Waals surface area contributed by atoms with Crippen LogP contribution >= 0.6 is 7.92 Å². The van der Waals surface area contributed by atoms with Crippen LogP contribution in [-0.4, -0.2) is 30.1 Å². The van der Waals surface area contributed by atoms with Gasteiger partial charge in [-0.15, -0.1) is 7.92 Å². The standard InChI is InChI=1S/C6H15P.C5H7O2.Au/c1-4-7(5-2)6-3;1-4(6)3-5(2)7;/h4-6H2,1-3H3;3H,1-2H3;/q;-1;+1. The molecular formula is C11H22AuO2P. The van der Waals surface area contributed by atoms with Crippen LogP contribution in [0, 0.1) is 6.42 Å². The molecule has 0 aliphatic rings. The van der Waals surface area contributed by atoms with Crippen LogP contribution in [0.3, 0.4) is 0 Å². The first-order chi connectivity index (χ1) is 6.47. The summed E-state index contributed by atoms with van der Waals surface area (Å²) in [7, 11) is 0.446. The molecule has 0 aliphatic carbocycles. The van der Waals surface area contributed by atoms with Gasteiger partial charge in [0, 0.05) is 11.6 Å². The van der Waals surface area contributed by atoms with Gasteiger partial charge in [0.25, 0.3) is 0 Å². The Balaban J connectivity index is -0.000000180. The summed E-state index contributed by atoms with van der Waals surface area (Å²) in [6.45, 7) is 9.57. The van der Waals surface area contributed by atoms with E-state index in [1.165, 1.54) is 32.3 Å². The number of hydrogen-bond acceptors (Lipinski definition) is 2. The van der Waals surface area contributed by atoms with E-state index in [1.807, 2.05) is 0 Å². The molecule has 0 saturated heterocycles. The Morgan fingerprint density at radius 1 is 0.933 bits per heavy atom. The van der Waals surface area contributed by atoms with Crippen molar-refractivity contribution < 1.29 is 32.0 Å². The molecule has 0 N–H and O–H groups in total. The minimum absolute atomic E-state index is 0. The van der Waals surface area contributed by atoms with Gasteiger partial charge in [0.1, 0.15) is 0 Å². The van der Waals surface area contributed by atoms with E-state index in [9.17, 15) is 9.59 Å². The first-order valence-electron chi connectivity index (χ1n) is 5.06. The summed E-state index contributed by atoms with van der Waals surface area (Å²) < 4.78 is 0. The smallest absolute Gasteiger partial charge is 0.334 e. The molecule has 0 aliphatic heterocycles. The van der Waals surface area contributed by atoms with Gasteiger partial charge in [-0.05, 0) is 32.3 Å². The van der Waals surface area contributed by atoms with Gasteiger partial charge < -0.3 is 9.59 Å². The Morgan fingerprint density at radius 2 is 1.20 bits per heavy atom. The molecule has 0 heterocycles. The number of ketones is 2. The number of carbonyl (C=O) groups is 2. The molecule has 0 bridgehead atoms. The van der Waals surface area contributed by atoms with Gasteiger partial charge >= 0.3 is 22.4 Å². The Labute approximate surface area is 111 Å². The van der Waals surface area contributed by atoms with Gasteiger partial charge in [-0.3, -0.25) is 6.42 Å².